The number of carbonyl (C=O) groups is 1. The van der Waals surface area contributed by atoms with E-state index in [1.54, 1.807) is 5.56 Å². The molecule has 4 aliphatic rings. The van der Waals surface area contributed by atoms with Crippen LogP contribution >= 0.6 is 0 Å². The molecule has 176 valence electrons. The van der Waals surface area contributed by atoms with Crippen LogP contribution in [0, 0.1) is 11.8 Å². The highest BCUT2D eigenvalue weighted by Crippen LogP contribution is 2.37. The Morgan fingerprint density at radius 2 is 1.88 bits per heavy atom. The molecule has 1 unspecified atom stereocenters. The van der Waals surface area contributed by atoms with E-state index in [0.29, 0.717) is 18.6 Å². The van der Waals surface area contributed by atoms with Gasteiger partial charge in [-0.25, -0.2) is 0 Å². The van der Waals surface area contributed by atoms with Gasteiger partial charge in [0.25, 0.3) is 0 Å². The van der Waals surface area contributed by atoms with Crippen molar-refractivity contribution in [2.45, 2.75) is 76.2 Å². The molecule has 1 N–H and O–H groups in total. The van der Waals surface area contributed by atoms with E-state index in [0.717, 1.165) is 57.0 Å². The van der Waals surface area contributed by atoms with Crippen LogP contribution < -0.4 is 10.1 Å². The number of benzene rings is 1. The molecular weight excluding hydrogens is 400 g/mol. The lowest BCUT2D eigenvalue weighted by Gasteiger charge is -2.35. The van der Waals surface area contributed by atoms with E-state index >= 15 is 0 Å². The van der Waals surface area contributed by atoms with Gasteiger partial charge < -0.3 is 19.7 Å². The lowest BCUT2D eigenvalue weighted by atomic mass is 9.83. The van der Waals surface area contributed by atoms with Crippen LogP contribution in [0.2, 0.25) is 0 Å². The quantitative estimate of drug-likeness (QED) is 0.717. The first kappa shape index (κ1) is 22.2. The zero-order chi connectivity index (χ0) is 21.8. The van der Waals surface area contributed by atoms with E-state index in [9.17, 15) is 4.79 Å². The highest BCUT2D eigenvalue weighted by Gasteiger charge is 2.29. The lowest BCUT2D eigenvalue weighted by molar-refractivity contribution is -0.130. The molecule has 3 heterocycles. The highest BCUT2D eigenvalue weighted by atomic mass is 16.5. The number of amides is 1. The number of fused-ring (bicyclic) bond motifs is 1. The summed E-state index contributed by atoms with van der Waals surface area (Å²) in [6.45, 7) is 5.97. The van der Waals surface area contributed by atoms with Crippen LogP contribution in [0.1, 0.15) is 74.8 Å². The number of piperidine rings is 1. The molecule has 32 heavy (non-hydrogen) atoms. The van der Waals surface area contributed by atoms with Gasteiger partial charge in [0.2, 0.25) is 5.91 Å². The summed E-state index contributed by atoms with van der Waals surface area (Å²) in [7, 11) is 0. The molecule has 1 aromatic carbocycles. The molecule has 0 spiro atoms. The van der Waals surface area contributed by atoms with Gasteiger partial charge in [0, 0.05) is 24.6 Å². The summed E-state index contributed by atoms with van der Waals surface area (Å²) in [5, 5.41) is 3.31. The lowest BCUT2D eigenvalue weighted by Crippen LogP contribution is -2.43. The van der Waals surface area contributed by atoms with E-state index in [4.69, 9.17) is 9.47 Å². The predicted molar refractivity (Wildman–Crippen MR) is 126 cm³/mol. The van der Waals surface area contributed by atoms with Crippen molar-refractivity contribution in [1.82, 2.24) is 10.2 Å². The van der Waals surface area contributed by atoms with Gasteiger partial charge in [-0.15, -0.1) is 0 Å². The second-order valence-corrected chi connectivity index (χ2v) is 10.5. The van der Waals surface area contributed by atoms with Gasteiger partial charge in [-0.1, -0.05) is 12.1 Å². The number of carbonyl (C=O) groups excluding carboxylic acids is 1. The Balaban J connectivity index is 1.00. The molecule has 1 amide bonds. The van der Waals surface area contributed by atoms with Crippen molar-refractivity contribution in [1.29, 1.82) is 0 Å². The molecule has 1 saturated carbocycles. The van der Waals surface area contributed by atoms with Crippen LogP contribution in [0.25, 0.3) is 0 Å². The number of hydrogen-bond donors (Lipinski definition) is 1. The fraction of sp³-hybridized carbons (Fsp3) is 0.741. The molecule has 1 atom stereocenters. The first-order valence-corrected chi connectivity index (χ1v) is 13.1. The smallest absolute Gasteiger partial charge is 0.225 e. The third-order valence-electron chi connectivity index (χ3n) is 8.38. The van der Waals surface area contributed by atoms with Crippen LogP contribution in [0.15, 0.2) is 18.2 Å². The standard InChI is InChI=1S/C27H40N2O3/c30-27(22-3-2-17-31-19-22)28-23-8-6-20(7-9-23)10-14-29-15-11-21(12-16-29)24-4-1-5-26-25(24)13-18-32-26/h1,4-5,20-23H,2-3,6-19H2,(H,28,30). The molecule has 1 aliphatic carbocycles. The van der Waals surface area contributed by atoms with Crippen molar-refractivity contribution in [2.24, 2.45) is 11.8 Å². The van der Waals surface area contributed by atoms with Gasteiger partial charge in [-0.2, -0.15) is 0 Å². The van der Waals surface area contributed by atoms with Gasteiger partial charge in [0.1, 0.15) is 5.75 Å². The average molecular weight is 441 g/mol. The maximum atomic E-state index is 12.5. The first-order chi connectivity index (χ1) is 15.8. The van der Waals surface area contributed by atoms with Crippen LogP contribution in [0.5, 0.6) is 5.75 Å². The summed E-state index contributed by atoms with van der Waals surface area (Å²) in [6.07, 6.45) is 11.8. The van der Waals surface area contributed by atoms with E-state index in [1.807, 2.05) is 0 Å². The number of hydrogen-bond acceptors (Lipinski definition) is 4. The first-order valence-electron chi connectivity index (χ1n) is 13.1. The summed E-state index contributed by atoms with van der Waals surface area (Å²) in [6, 6.07) is 7.03. The Morgan fingerprint density at radius 3 is 2.66 bits per heavy atom. The minimum atomic E-state index is 0.0777. The normalized spacial score (nSPS) is 29.3. The van der Waals surface area contributed by atoms with Crippen molar-refractivity contribution < 1.29 is 14.3 Å². The van der Waals surface area contributed by atoms with E-state index in [-0.39, 0.29) is 11.8 Å². The summed E-state index contributed by atoms with van der Waals surface area (Å²) < 4.78 is 11.3. The molecule has 5 nitrogen and oxygen atoms in total. The maximum absolute atomic E-state index is 12.5. The number of rotatable bonds is 6. The molecule has 0 aromatic heterocycles. The molecule has 1 aromatic rings. The topological polar surface area (TPSA) is 50.8 Å². The minimum absolute atomic E-state index is 0.0777. The number of nitrogens with zero attached hydrogens (tertiary/aromatic N) is 1. The molecular formula is C27H40N2O3. The SMILES string of the molecule is O=C(NC1CCC(CCN2CCC(c3cccc4c3CCO4)CC2)CC1)C1CCCOC1. The third kappa shape index (κ3) is 5.31. The maximum Gasteiger partial charge on any atom is 0.225 e. The summed E-state index contributed by atoms with van der Waals surface area (Å²) in [5.74, 6) is 2.97. The second kappa shape index (κ2) is 10.6. The molecule has 2 saturated heterocycles. The fourth-order valence-electron chi connectivity index (χ4n) is 6.33. The molecule has 5 heteroatoms. The third-order valence-corrected chi connectivity index (χ3v) is 8.38. The molecule has 0 bridgehead atoms. The van der Waals surface area contributed by atoms with Gasteiger partial charge in [-0.3, -0.25) is 4.79 Å². The van der Waals surface area contributed by atoms with Crippen LogP contribution in [0.4, 0.5) is 0 Å². The minimum Gasteiger partial charge on any atom is -0.493 e. The monoisotopic (exact) mass is 440 g/mol. The summed E-state index contributed by atoms with van der Waals surface area (Å²) in [4.78, 5) is 15.2. The fourth-order valence-corrected chi connectivity index (χ4v) is 6.33. The Bertz CT molecular complexity index is 760. The zero-order valence-corrected chi connectivity index (χ0v) is 19.5. The Morgan fingerprint density at radius 1 is 1.03 bits per heavy atom. The average Bonchev–Trinajstić information content (AvgIpc) is 3.34. The van der Waals surface area contributed by atoms with E-state index in [1.165, 1.54) is 57.3 Å². The van der Waals surface area contributed by atoms with Crippen molar-refractivity contribution in [3.63, 3.8) is 0 Å². The number of nitrogens with one attached hydrogen (secondary N) is 1. The largest absolute Gasteiger partial charge is 0.493 e. The van der Waals surface area contributed by atoms with Crippen molar-refractivity contribution in [3.05, 3.63) is 29.3 Å². The Hall–Kier alpha value is -1.59. The zero-order valence-electron chi connectivity index (χ0n) is 19.5. The number of likely N-dealkylation sites (tertiary alicyclic amines) is 1. The van der Waals surface area contributed by atoms with Gasteiger partial charge in [0.05, 0.1) is 19.1 Å². The van der Waals surface area contributed by atoms with Crippen molar-refractivity contribution in [3.8, 4) is 5.75 Å². The van der Waals surface area contributed by atoms with Gasteiger partial charge in [0.15, 0.2) is 0 Å². The van der Waals surface area contributed by atoms with Crippen molar-refractivity contribution in [2.75, 3.05) is 39.5 Å². The van der Waals surface area contributed by atoms with Crippen LogP contribution in [0.3, 0.4) is 0 Å². The highest BCUT2D eigenvalue weighted by molar-refractivity contribution is 5.79. The Kier molecular flexibility index (Phi) is 7.33. The van der Waals surface area contributed by atoms with Crippen molar-refractivity contribution >= 4 is 5.91 Å². The summed E-state index contributed by atoms with van der Waals surface area (Å²) >= 11 is 0. The molecule has 0 radical (unpaired) electrons. The second-order valence-electron chi connectivity index (χ2n) is 10.5. The molecule has 3 fully saturated rings. The molecule has 5 rings (SSSR count). The van der Waals surface area contributed by atoms with E-state index < -0.39 is 0 Å². The van der Waals surface area contributed by atoms with Gasteiger partial charge >= 0.3 is 0 Å². The van der Waals surface area contributed by atoms with Crippen LogP contribution in [-0.4, -0.2) is 56.3 Å². The molecule has 3 aliphatic heterocycles. The summed E-state index contributed by atoms with van der Waals surface area (Å²) in [5.41, 5.74) is 3.03. The van der Waals surface area contributed by atoms with Crippen LogP contribution in [-0.2, 0) is 16.0 Å². The Labute approximate surface area is 193 Å². The number of ether oxygens (including phenoxy) is 2. The van der Waals surface area contributed by atoms with Gasteiger partial charge in [-0.05, 0) is 101 Å². The predicted octanol–water partition coefficient (Wildman–Crippen LogP) is 4.29. The van der Waals surface area contributed by atoms with E-state index in [2.05, 4.69) is 28.4 Å².